The van der Waals surface area contributed by atoms with Crippen LogP contribution < -0.4 is 10.6 Å². The first-order chi connectivity index (χ1) is 20.0. The number of nitrogens with one attached hydrogen (secondary N) is 2. The number of ether oxygens (including phenoxy) is 2. The van der Waals surface area contributed by atoms with Crippen molar-refractivity contribution < 1.29 is 28.7 Å². The van der Waals surface area contributed by atoms with Crippen LogP contribution in [0, 0.1) is 6.92 Å². The minimum atomic E-state index is -1.07. The van der Waals surface area contributed by atoms with E-state index in [1.165, 1.54) is 4.90 Å². The fraction of sp³-hybridized carbons (Fsp3) is 0.529. The molecule has 0 bridgehead atoms. The third-order valence-electron chi connectivity index (χ3n) is 6.38. The molecule has 2 aromatic carbocycles. The lowest BCUT2D eigenvalue weighted by molar-refractivity contribution is -0.159. The van der Waals surface area contributed by atoms with Gasteiger partial charge in [-0.1, -0.05) is 73.5 Å². The number of alkyl carbamates (subject to hydrolysis) is 1. The number of rotatable bonds is 12. The number of nitrogens with zero attached hydrogens (tertiary/aromatic N) is 1. The van der Waals surface area contributed by atoms with Crippen molar-refractivity contribution in [2.24, 2.45) is 0 Å². The number of hydrogen-bond acceptors (Lipinski definition) is 6. The highest BCUT2D eigenvalue weighted by atomic mass is 16.6. The fourth-order valence-corrected chi connectivity index (χ4v) is 4.38. The number of amides is 3. The van der Waals surface area contributed by atoms with Gasteiger partial charge in [-0.15, -0.1) is 0 Å². The minimum absolute atomic E-state index is 0.210. The Morgan fingerprint density at radius 3 is 1.95 bits per heavy atom. The van der Waals surface area contributed by atoms with Crippen LogP contribution in [0.1, 0.15) is 91.0 Å². The van der Waals surface area contributed by atoms with E-state index in [0.717, 1.165) is 17.5 Å². The second-order valence-corrected chi connectivity index (χ2v) is 12.9. The average molecular weight is 596 g/mol. The molecule has 43 heavy (non-hydrogen) atoms. The largest absolute Gasteiger partial charge is 0.458 e. The molecule has 0 heterocycles. The van der Waals surface area contributed by atoms with Gasteiger partial charge in [-0.3, -0.25) is 9.59 Å². The Bertz CT molecular complexity index is 1220. The van der Waals surface area contributed by atoms with E-state index >= 15 is 0 Å². The maximum absolute atomic E-state index is 14.2. The molecule has 0 saturated heterocycles. The molecule has 0 saturated carbocycles. The Morgan fingerprint density at radius 1 is 0.837 bits per heavy atom. The minimum Gasteiger partial charge on any atom is -0.458 e. The predicted octanol–water partition coefficient (Wildman–Crippen LogP) is 5.65. The van der Waals surface area contributed by atoms with E-state index in [-0.39, 0.29) is 13.0 Å². The van der Waals surface area contributed by atoms with Gasteiger partial charge < -0.3 is 25.0 Å². The number of carbonyl (C=O) groups excluding carboxylic acids is 4. The molecule has 3 amide bonds. The summed E-state index contributed by atoms with van der Waals surface area (Å²) in [7, 11) is 0. The zero-order valence-corrected chi connectivity index (χ0v) is 27.2. The Balaban J connectivity index is 2.49. The first-order valence-corrected chi connectivity index (χ1v) is 14.9. The van der Waals surface area contributed by atoms with Gasteiger partial charge in [0.05, 0.1) is 0 Å². The number of carbonyl (C=O) groups is 4. The molecule has 3 atom stereocenters. The van der Waals surface area contributed by atoms with Crippen molar-refractivity contribution in [3.8, 4) is 0 Å². The van der Waals surface area contributed by atoms with E-state index in [2.05, 4.69) is 10.6 Å². The second kappa shape index (κ2) is 15.5. The van der Waals surface area contributed by atoms with E-state index in [1.54, 1.807) is 60.6 Å². The molecule has 3 unspecified atom stereocenters. The molecule has 0 aliphatic carbocycles. The van der Waals surface area contributed by atoms with Crippen LogP contribution in [0.5, 0.6) is 0 Å². The second-order valence-electron chi connectivity index (χ2n) is 12.9. The molecular formula is C34H49N3O6. The quantitative estimate of drug-likeness (QED) is 0.307. The summed E-state index contributed by atoms with van der Waals surface area (Å²) in [6.07, 6.45) is 0.879. The molecule has 9 heteroatoms. The highest BCUT2D eigenvalue weighted by molar-refractivity contribution is 5.93. The van der Waals surface area contributed by atoms with Gasteiger partial charge in [0.15, 0.2) is 0 Å². The standard InChI is InChI=1S/C34H49N3O6/c1-10-11-21-37(30(39)24(3)35-32(41)43-34(7,8)9)28(26-19-17-23(2)18-20-26)29(38)36-27(31(40)42-33(4,5)6)22-25-15-13-12-14-16-25/h12-20,24,27-28H,10-11,21-22H2,1-9H3,(H,35,41)(H,36,38). The lowest BCUT2D eigenvalue weighted by atomic mass is 9.99. The van der Waals surface area contributed by atoms with E-state index in [4.69, 9.17) is 9.47 Å². The summed E-state index contributed by atoms with van der Waals surface area (Å²) in [5, 5.41) is 5.51. The topological polar surface area (TPSA) is 114 Å². The summed E-state index contributed by atoms with van der Waals surface area (Å²) < 4.78 is 11.0. The van der Waals surface area contributed by atoms with Crippen LogP contribution in [0.4, 0.5) is 4.79 Å². The lowest BCUT2D eigenvalue weighted by Crippen LogP contribution is -2.54. The third kappa shape index (κ3) is 12.1. The van der Waals surface area contributed by atoms with Gasteiger partial charge in [-0.25, -0.2) is 9.59 Å². The maximum Gasteiger partial charge on any atom is 0.408 e. The monoisotopic (exact) mass is 595 g/mol. The molecular weight excluding hydrogens is 546 g/mol. The van der Waals surface area contributed by atoms with Gasteiger partial charge in [0.2, 0.25) is 11.8 Å². The van der Waals surface area contributed by atoms with Crippen LogP contribution in [0.2, 0.25) is 0 Å². The molecule has 2 N–H and O–H groups in total. The highest BCUT2D eigenvalue weighted by Crippen LogP contribution is 2.25. The molecule has 2 rings (SSSR count). The lowest BCUT2D eigenvalue weighted by Gasteiger charge is -2.34. The van der Waals surface area contributed by atoms with Crippen LogP contribution in [0.25, 0.3) is 0 Å². The fourth-order valence-electron chi connectivity index (χ4n) is 4.38. The van der Waals surface area contributed by atoms with Gasteiger partial charge in [0.25, 0.3) is 0 Å². The SMILES string of the molecule is CCCCN(C(=O)C(C)NC(=O)OC(C)(C)C)C(C(=O)NC(Cc1ccccc1)C(=O)OC(C)(C)C)c1ccc(C)cc1. The van der Waals surface area contributed by atoms with Gasteiger partial charge >= 0.3 is 12.1 Å². The van der Waals surface area contributed by atoms with Crippen LogP contribution in [-0.2, 0) is 30.3 Å². The molecule has 9 nitrogen and oxygen atoms in total. The third-order valence-corrected chi connectivity index (χ3v) is 6.38. The molecule has 236 valence electrons. The molecule has 0 fully saturated rings. The maximum atomic E-state index is 14.2. The van der Waals surface area contributed by atoms with Crippen molar-refractivity contribution in [1.82, 2.24) is 15.5 Å². The summed E-state index contributed by atoms with van der Waals surface area (Å²) >= 11 is 0. The zero-order chi connectivity index (χ0) is 32.4. The van der Waals surface area contributed by atoms with Crippen LogP contribution in [-0.4, -0.2) is 58.6 Å². The number of aryl methyl sites for hydroxylation is 1. The number of esters is 1. The molecule has 0 aliphatic heterocycles. The molecule has 0 aliphatic rings. The van der Waals surface area contributed by atoms with Crippen molar-refractivity contribution in [3.05, 3.63) is 71.3 Å². The van der Waals surface area contributed by atoms with Crippen molar-refractivity contribution >= 4 is 23.9 Å². The summed E-state index contributed by atoms with van der Waals surface area (Å²) in [4.78, 5) is 55.4. The summed E-state index contributed by atoms with van der Waals surface area (Å²) in [6.45, 7) is 16.3. The van der Waals surface area contributed by atoms with Crippen molar-refractivity contribution in [1.29, 1.82) is 0 Å². The van der Waals surface area contributed by atoms with E-state index in [9.17, 15) is 19.2 Å². The van der Waals surface area contributed by atoms with E-state index in [1.807, 2.05) is 56.3 Å². The van der Waals surface area contributed by atoms with Crippen molar-refractivity contribution in [2.75, 3.05) is 6.54 Å². The van der Waals surface area contributed by atoms with E-state index in [0.29, 0.717) is 12.0 Å². The summed E-state index contributed by atoms with van der Waals surface area (Å²) in [5.74, 6) is -1.54. The summed E-state index contributed by atoms with van der Waals surface area (Å²) in [6, 6.07) is 13.7. The zero-order valence-electron chi connectivity index (χ0n) is 27.2. The predicted molar refractivity (Wildman–Crippen MR) is 167 cm³/mol. The van der Waals surface area contributed by atoms with Gasteiger partial charge in [0.1, 0.15) is 29.3 Å². The summed E-state index contributed by atoms with van der Waals surface area (Å²) in [5.41, 5.74) is 0.914. The smallest absolute Gasteiger partial charge is 0.408 e. The Hall–Kier alpha value is -3.88. The first-order valence-electron chi connectivity index (χ1n) is 14.9. The van der Waals surface area contributed by atoms with Crippen LogP contribution >= 0.6 is 0 Å². The van der Waals surface area contributed by atoms with E-state index < -0.39 is 53.2 Å². The number of hydrogen-bond donors (Lipinski definition) is 2. The highest BCUT2D eigenvalue weighted by Gasteiger charge is 2.37. The molecule has 0 radical (unpaired) electrons. The van der Waals surface area contributed by atoms with Gasteiger partial charge in [0, 0.05) is 13.0 Å². The Kier molecular flexibility index (Phi) is 12.8. The average Bonchev–Trinajstić information content (AvgIpc) is 2.89. The number of benzene rings is 2. The van der Waals surface area contributed by atoms with Crippen molar-refractivity contribution in [3.63, 3.8) is 0 Å². The first kappa shape index (κ1) is 35.3. The molecule has 2 aromatic rings. The molecule has 0 spiro atoms. The normalized spacial score (nSPS) is 13.7. The van der Waals surface area contributed by atoms with Crippen molar-refractivity contribution in [2.45, 2.75) is 111 Å². The van der Waals surface area contributed by atoms with Crippen LogP contribution in [0.15, 0.2) is 54.6 Å². The number of unbranched alkanes of at least 4 members (excludes halogenated alkanes) is 1. The van der Waals surface area contributed by atoms with Gasteiger partial charge in [-0.05, 0) is 72.9 Å². The van der Waals surface area contributed by atoms with Crippen LogP contribution in [0.3, 0.4) is 0 Å². The Morgan fingerprint density at radius 2 is 1.42 bits per heavy atom. The Labute approximate surface area is 256 Å². The molecule has 0 aromatic heterocycles. The van der Waals surface area contributed by atoms with Gasteiger partial charge in [-0.2, -0.15) is 0 Å².